The first-order valence-corrected chi connectivity index (χ1v) is 11.3. The zero-order valence-corrected chi connectivity index (χ0v) is 18.8. The maximum atomic E-state index is 14.6. The van der Waals surface area contributed by atoms with Crippen LogP contribution in [0.15, 0.2) is 65.8 Å². The molecule has 33 heavy (non-hydrogen) atoms. The number of para-hydroxylation sites is 1. The molecule has 1 fully saturated rings. The Morgan fingerprint density at radius 3 is 2.73 bits per heavy atom. The molecular formula is C24H24F2N4O2S. The molecule has 172 valence electrons. The number of carbonyl (C=O) groups is 1. The van der Waals surface area contributed by atoms with Crippen molar-refractivity contribution in [3.05, 3.63) is 78.0 Å². The molecule has 1 aliphatic rings. The van der Waals surface area contributed by atoms with E-state index in [2.05, 4.69) is 15.2 Å². The summed E-state index contributed by atoms with van der Waals surface area (Å²) in [4.78, 5) is 19.6. The lowest BCUT2D eigenvalue weighted by Gasteiger charge is -2.39. The number of rotatable bonds is 6. The van der Waals surface area contributed by atoms with Gasteiger partial charge in [0.15, 0.2) is 11.6 Å². The Hall–Kier alpha value is -3.17. The summed E-state index contributed by atoms with van der Waals surface area (Å²) in [6.07, 6.45) is 2.09. The van der Waals surface area contributed by atoms with Crippen LogP contribution in [0.5, 0.6) is 5.75 Å². The summed E-state index contributed by atoms with van der Waals surface area (Å²) in [5, 5.41) is 9.08. The second-order valence-electron chi connectivity index (χ2n) is 7.76. The lowest BCUT2D eigenvalue weighted by atomic mass is 9.79. The third kappa shape index (κ3) is 4.94. The minimum absolute atomic E-state index is 0.168. The normalized spacial score (nSPS) is 18.1. The predicted octanol–water partition coefficient (Wildman–Crippen LogP) is 4.58. The Balaban J connectivity index is 1.68. The molecule has 1 aromatic heterocycles. The number of halogens is 2. The Morgan fingerprint density at radius 1 is 1.21 bits per heavy atom. The van der Waals surface area contributed by atoms with Gasteiger partial charge in [0, 0.05) is 48.1 Å². The minimum Gasteiger partial charge on any atom is -0.493 e. The number of hydrogen-bond donors (Lipinski definition) is 2. The van der Waals surface area contributed by atoms with E-state index in [4.69, 9.17) is 9.88 Å². The zero-order chi connectivity index (χ0) is 23.4. The van der Waals surface area contributed by atoms with Gasteiger partial charge in [-0.15, -0.1) is 0 Å². The molecular weight excluding hydrogens is 446 g/mol. The minimum atomic E-state index is -1.05. The fourth-order valence-corrected chi connectivity index (χ4v) is 4.60. The summed E-state index contributed by atoms with van der Waals surface area (Å²) < 4.78 is 33.7. The van der Waals surface area contributed by atoms with E-state index in [-0.39, 0.29) is 11.7 Å². The van der Waals surface area contributed by atoms with E-state index in [9.17, 15) is 13.6 Å². The molecule has 2 atom stereocenters. The van der Waals surface area contributed by atoms with Gasteiger partial charge in [-0.2, -0.15) is 4.39 Å². The molecule has 0 aliphatic carbocycles. The lowest BCUT2D eigenvalue weighted by Crippen LogP contribution is -2.44. The standard InChI is InChI=1S/C24H24F2N4O2S/c1-32-23-17(7-8-20(25)22(23)26)19-14-30(16-5-3-2-4-6-16)12-10-18(19)24(31)29-15-9-11-28-21(13-15)33-27/h2-9,11,13,18-19H,10,12,14,27H2,1H3,(H,28,29,31). The van der Waals surface area contributed by atoms with Crippen molar-refractivity contribution in [3.63, 3.8) is 0 Å². The van der Waals surface area contributed by atoms with Crippen LogP contribution in [0.2, 0.25) is 0 Å². The molecule has 2 heterocycles. The third-order valence-electron chi connectivity index (χ3n) is 5.88. The Morgan fingerprint density at radius 2 is 2.00 bits per heavy atom. The van der Waals surface area contributed by atoms with E-state index >= 15 is 0 Å². The van der Waals surface area contributed by atoms with Crippen LogP contribution < -0.4 is 20.1 Å². The largest absolute Gasteiger partial charge is 0.493 e. The van der Waals surface area contributed by atoms with E-state index in [0.717, 1.165) is 23.7 Å². The van der Waals surface area contributed by atoms with Gasteiger partial charge in [-0.05, 0) is 48.7 Å². The van der Waals surface area contributed by atoms with Gasteiger partial charge in [-0.25, -0.2) is 9.37 Å². The number of hydrogen-bond acceptors (Lipinski definition) is 6. The molecule has 2 aromatic carbocycles. The van der Waals surface area contributed by atoms with Crippen LogP contribution in [0, 0.1) is 17.6 Å². The van der Waals surface area contributed by atoms with Crippen LogP contribution in [0.4, 0.5) is 20.2 Å². The number of nitrogens with one attached hydrogen (secondary N) is 1. The van der Waals surface area contributed by atoms with Crippen molar-refractivity contribution in [2.45, 2.75) is 17.4 Å². The number of ether oxygens (including phenoxy) is 1. The molecule has 4 rings (SSSR count). The van der Waals surface area contributed by atoms with Gasteiger partial charge in [0.25, 0.3) is 0 Å². The van der Waals surface area contributed by atoms with Crippen LogP contribution in [0.1, 0.15) is 17.9 Å². The highest BCUT2D eigenvalue weighted by Gasteiger charge is 2.38. The SMILES string of the molecule is COc1c(C2CN(c3ccccc3)CCC2C(=O)Nc2ccnc(SN)c2)ccc(F)c1F. The number of pyridine rings is 1. The highest BCUT2D eigenvalue weighted by atomic mass is 32.2. The molecule has 9 heteroatoms. The molecule has 0 saturated carbocycles. The van der Waals surface area contributed by atoms with Gasteiger partial charge in [0.1, 0.15) is 5.03 Å². The summed E-state index contributed by atoms with van der Waals surface area (Å²) in [5.41, 5.74) is 2.04. The van der Waals surface area contributed by atoms with Crippen molar-refractivity contribution in [2.24, 2.45) is 11.1 Å². The average Bonchev–Trinajstić information content (AvgIpc) is 2.86. The highest BCUT2D eigenvalue weighted by Crippen LogP contribution is 2.40. The van der Waals surface area contributed by atoms with E-state index in [1.54, 1.807) is 18.3 Å². The number of piperidine rings is 1. The number of carbonyl (C=O) groups excluding carboxylic acids is 1. The maximum absolute atomic E-state index is 14.6. The maximum Gasteiger partial charge on any atom is 0.228 e. The Kier molecular flexibility index (Phi) is 7.10. The van der Waals surface area contributed by atoms with Crippen molar-refractivity contribution in [3.8, 4) is 5.75 Å². The van der Waals surface area contributed by atoms with Crippen LogP contribution in [-0.4, -0.2) is 31.1 Å². The summed E-state index contributed by atoms with van der Waals surface area (Å²) in [7, 11) is 1.30. The summed E-state index contributed by atoms with van der Waals surface area (Å²) in [6.45, 7) is 1.09. The second-order valence-corrected chi connectivity index (χ2v) is 8.41. The van der Waals surface area contributed by atoms with Crippen LogP contribution in [-0.2, 0) is 4.79 Å². The fourth-order valence-electron chi connectivity index (χ4n) is 4.29. The van der Waals surface area contributed by atoms with Gasteiger partial charge in [-0.3, -0.25) is 9.93 Å². The zero-order valence-electron chi connectivity index (χ0n) is 18.0. The van der Waals surface area contributed by atoms with Gasteiger partial charge < -0.3 is 15.0 Å². The number of nitrogens with two attached hydrogens (primary N) is 1. The van der Waals surface area contributed by atoms with Crippen molar-refractivity contribution in [1.82, 2.24) is 4.98 Å². The fraction of sp³-hybridized carbons (Fsp3) is 0.250. The molecule has 6 nitrogen and oxygen atoms in total. The summed E-state index contributed by atoms with van der Waals surface area (Å²) in [6, 6.07) is 15.8. The van der Waals surface area contributed by atoms with Crippen LogP contribution in [0.3, 0.4) is 0 Å². The van der Waals surface area contributed by atoms with E-state index in [0.29, 0.717) is 35.8 Å². The molecule has 2 unspecified atom stereocenters. The number of nitrogens with zero attached hydrogens (tertiary/aromatic N) is 2. The first-order chi connectivity index (χ1) is 16.0. The topological polar surface area (TPSA) is 80.5 Å². The molecule has 0 spiro atoms. The van der Waals surface area contributed by atoms with Crippen molar-refractivity contribution in [2.75, 3.05) is 30.4 Å². The molecule has 3 aromatic rings. The first kappa shape index (κ1) is 23.0. The van der Waals surface area contributed by atoms with Crippen molar-refractivity contribution < 1.29 is 18.3 Å². The number of methoxy groups -OCH3 is 1. The van der Waals surface area contributed by atoms with Crippen molar-refractivity contribution in [1.29, 1.82) is 0 Å². The third-order valence-corrected chi connectivity index (χ3v) is 6.34. The molecule has 3 N–H and O–H groups in total. The molecule has 1 saturated heterocycles. The van der Waals surface area contributed by atoms with E-state index in [1.165, 1.54) is 13.2 Å². The highest BCUT2D eigenvalue weighted by molar-refractivity contribution is 7.97. The van der Waals surface area contributed by atoms with Crippen LogP contribution >= 0.6 is 11.9 Å². The number of benzene rings is 2. The van der Waals surface area contributed by atoms with Gasteiger partial charge in [0.05, 0.1) is 7.11 Å². The summed E-state index contributed by atoms with van der Waals surface area (Å²) in [5.74, 6) is -3.32. The van der Waals surface area contributed by atoms with Gasteiger partial charge >= 0.3 is 0 Å². The quantitative estimate of drug-likeness (QED) is 0.513. The molecule has 0 bridgehead atoms. The molecule has 1 aliphatic heterocycles. The smallest absolute Gasteiger partial charge is 0.228 e. The van der Waals surface area contributed by atoms with Crippen LogP contribution in [0.25, 0.3) is 0 Å². The van der Waals surface area contributed by atoms with E-state index < -0.39 is 23.5 Å². The van der Waals surface area contributed by atoms with E-state index in [1.807, 2.05) is 30.3 Å². The lowest BCUT2D eigenvalue weighted by molar-refractivity contribution is -0.121. The predicted molar refractivity (Wildman–Crippen MR) is 125 cm³/mol. The molecule has 0 radical (unpaired) electrons. The van der Waals surface area contributed by atoms with Gasteiger partial charge in [-0.1, -0.05) is 24.3 Å². The first-order valence-electron chi connectivity index (χ1n) is 10.5. The monoisotopic (exact) mass is 470 g/mol. The van der Waals surface area contributed by atoms with Crippen molar-refractivity contribution >= 4 is 29.2 Å². The average molecular weight is 471 g/mol. The molecule has 1 amide bonds. The Labute approximate surface area is 195 Å². The Bertz CT molecular complexity index is 1130. The number of anilines is 2. The second kappa shape index (κ2) is 10.2. The number of amides is 1. The van der Waals surface area contributed by atoms with Gasteiger partial charge in [0.2, 0.25) is 11.7 Å². The summed E-state index contributed by atoms with van der Waals surface area (Å²) >= 11 is 0.986. The number of aromatic nitrogens is 1.